The molecule has 1 aliphatic heterocycles. The predicted octanol–water partition coefficient (Wildman–Crippen LogP) is 2.16. The van der Waals surface area contributed by atoms with Crippen molar-refractivity contribution < 1.29 is 9.53 Å². The van der Waals surface area contributed by atoms with Crippen LogP contribution in [0.15, 0.2) is 42.9 Å². The van der Waals surface area contributed by atoms with Crippen LogP contribution >= 0.6 is 0 Å². The van der Waals surface area contributed by atoms with Crippen molar-refractivity contribution in [1.82, 2.24) is 14.9 Å². The first-order valence-corrected chi connectivity index (χ1v) is 8.68. The molecule has 1 aromatic carbocycles. The third kappa shape index (κ3) is 4.68. The molecule has 0 aliphatic carbocycles. The minimum atomic E-state index is 0.197. The lowest BCUT2D eigenvalue weighted by Gasteiger charge is -2.24. The zero-order chi connectivity index (χ0) is 17.5. The van der Waals surface area contributed by atoms with E-state index in [2.05, 4.69) is 27.0 Å². The highest BCUT2D eigenvalue weighted by atomic mass is 16.5. The van der Waals surface area contributed by atoms with E-state index >= 15 is 0 Å². The van der Waals surface area contributed by atoms with Gasteiger partial charge >= 0.3 is 0 Å². The van der Waals surface area contributed by atoms with Crippen molar-refractivity contribution >= 4 is 11.6 Å². The molecule has 1 aromatic heterocycles. The Morgan fingerprint density at radius 2 is 1.96 bits per heavy atom. The third-order valence-electron chi connectivity index (χ3n) is 4.50. The minimum Gasteiger partial charge on any atom is -0.497 e. The fourth-order valence-corrected chi connectivity index (χ4v) is 3.07. The van der Waals surface area contributed by atoms with Gasteiger partial charge in [-0.3, -0.25) is 14.8 Å². The summed E-state index contributed by atoms with van der Waals surface area (Å²) in [5.74, 6) is 1.06. The molecule has 132 valence electrons. The summed E-state index contributed by atoms with van der Waals surface area (Å²) in [7, 11) is 1.67. The first-order valence-electron chi connectivity index (χ1n) is 8.68. The molecule has 0 spiro atoms. The zero-order valence-corrected chi connectivity index (χ0v) is 14.6. The number of hydrogen-bond acceptors (Lipinski definition) is 5. The quantitative estimate of drug-likeness (QED) is 0.835. The summed E-state index contributed by atoms with van der Waals surface area (Å²) in [5, 5.41) is 0. The maximum atomic E-state index is 12.5. The van der Waals surface area contributed by atoms with Gasteiger partial charge in [-0.1, -0.05) is 0 Å². The molecule has 0 radical (unpaired) electrons. The Bertz CT molecular complexity index is 676. The SMILES string of the molecule is COc1ccc(N2CCCN(C(=O)CCc3cnccn3)CC2)cc1. The van der Waals surface area contributed by atoms with Crippen molar-refractivity contribution in [2.24, 2.45) is 0 Å². The highest BCUT2D eigenvalue weighted by Crippen LogP contribution is 2.20. The number of methoxy groups -OCH3 is 1. The van der Waals surface area contributed by atoms with Crippen LogP contribution in [0.5, 0.6) is 5.75 Å². The Labute approximate surface area is 148 Å². The molecule has 1 fully saturated rings. The number of aromatic nitrogens is 2. The van der Waals surface area contributed by atoms with Crippen LogP contribution in [0.3, 0.4) is 0 Å². The topological polar surface area (TPSA) is 58.6 Å². The largest absolute Gasteiger partial charge is 0.497 e. The van der Waals surface area contributed by atoms with Gasteiger partial charge in [-0.2, -0.15) is 0 Å². The fourth-order valence-electron chi connectivity index (χ4n) is 3.07. The molecule has 0 saturated carbocycles. The van der Waals surface area contributed by atoms with Gasteiger partial charge in [-0.15, -0.1) is 0 Å². The Morgan fingerprint density at radius 1 is 1.12 bits per heavy atom. The zero-order valence-electron chi connectivity index (χ0n) is 14.6. The molecular formula is C19H24N4O2. The number of ether oxygens (including phenoxy) is 1. The monoisotopic (exact) mass is 340 g/mol. The Kier molecular flexibility index (Phi) is 5.82. The molecular weight excluding hydrogens is 316 g/mol. The number of rotatable bonds is 5. The van der Waals surface area contributed by atoms with Crippen LogP contribution < -0.4 is 9.64 Å². The Morgan fingerprint density at radius 3 is 2.68 bits per heavy atom. The summed E-state index contributed by atoms with van der Waals surface area (Å²) in [4.78, 5) is 25.1. The van der Waals surface area contributed by atoms with E-state index in [9.17, 15) is 4.79 Å². The summed E-state index contributed by atoms with van der Waals surface area (Å²) in [6.45, 7) is 3.38. The number of amides is 1. The molecule has 3 rings (SSSR count). The van der Waals surface area contributed by atoms with Gasteiger partial charge in [0.15, 0.2) is 0 Å². The molecule has 1 aliphatic rings. The normalized spacial score (nSPS) is 14.9. The van der Waals surface area contributed by atoms with E-state index in [0.717, 1.165) is 44.0 Å². The minimum absolute atomic E-state index is 0.197. The standard InChI is InChI=1S/C19H24N4O2/c1-25-18-6-4-17(5-7-18)22-11-2-12-23(14-13-22)19(24)8-3-16-15-20-9-10-21-16/h4-7,9-10,15H,2-3,8,11-14H2,1H3. The molecule has 2 heterocycles. The van der Waals surface area contributed by atoms with Crippen molar-refractivity contribution in [3.8, 4) is 5.75 Å². The molecule has 1 amide bonds. The summed E-state index contributed by atoms with van der Waals surface area (Å²) in [6, 6.07) is 8.10. The van der Waals surface area contributed by atoms with Crippen LogP contribution in [0.4, 0.5) is 5.69 Å². The molecule has 0 unspecified atom stereocenters. The first kappa shape index (κ1) is 17.2. The molecule has 1 saturated heterocycles. The van der Waals surface area contributed by atoms with Gasteiger partial charge in [0.05, 0.1) is 12.8 Å². The smallest absolute Gasteiger partial charge is 0.223 e. The Hall–Kier alpha value is -2.63. The number of hydrogen-bond donors (Lipinski definition) is 0. The van der Waals surface area contributed by atoms with Crippen LogP contribution in [0.2, 0.25) is 0 Å². The van der Waals surface area contributed by atoms with Gasteiger partial charge in [-0.05, 0) is 37.1 Å². The van der Waals surface area contributed by atoms with Crippen molar-refractivity contribution in [1.29, 1.82) is 0 Å². The number of nitrogens with zero attached hydrogens (tertiary/aromatic N) is 4. The van der Waals surface area contributed by atoms with E-state index < -0.39 is 0 Å². The van der Waals surface area contributed by atoms with Crippen molar-refractivity contribution in [2.75, 3.05) is 38.2 Å². The van der Waals surface area contributed by atoms with Gasteiger partial charge in [0.25, 0.3) is 0 Å². The second-order valence-corrected chi connectivity index (χ2v) is 6.12. The molecule has 6 heteroatoms. The van der Waals surface area contributed by atoms with Gasteiger partial charge in [0.1, 0.15) is 5.75 Å². The van der Waals surface area contributed by atoms with Crippen LogP contribution in [-0.4, -0.2) is 54.1 Å². The predicted molar refractivity (Wildman–Crippen MR) is 96.8 cm³/mol. The molecule has 2 aromatic rings. The highest BCUT2D eigenvalue weighted by molar-refractivity contribution is 5.76. The van der Waals surface area contributed by atoms with Gasteiger partial charge in [0, 0.05) is 56.9 Å². The summed E-state index contributed by atoms with van der Waals surface area (Å²) >= 11 is 0. The van der Waals surface area contributed by atoms with E-state index in [0.29, 0.717) is 12.8 Å². The molecule has 0 N–H and O–H groups in total. The van der Waals surface area contributed by atoms with Crippen LogP contribution in [-0.2, 0) is 11.2 Å². The highest BCUT2D eigenvalue weighted by Gasteiger charge is 2.19. The average Bonchev–Trinajstić information content (AvgIpc) is 2.93. The maximum absolute atomic E-state index is 12.5. The lowest BCUT2D eigenvalue weighted by molar-refractivity contribution is -0.130. The van der Waals surface area contributed by atoms with Crippen molar-refractivity contribution in [3.63, 3.8) is 0 Å². The maximum Gasteiger partial charge on any atom is 0.223 e. The number of benzene rings is 1. The van der Waals surface area contributed by atoms with E-state index in [1.807, 2.05) is 17.0 Å². The van der Waals surface area contributed by atoms with Crippen LogP contribution in [0.25, 0.3) is 0 Å². The lowest BCUT2D eigenvalue weighted by atomic mass is 10.2. The lowest BCUT2D eigenvalue weighted by Crippen LogP contribution is -2.35. The second-order valence-electron chi connectivity index (χ2n) is 6.12. The average molecular weight is 340 g/mol. The van der Waals surface area contributed by atoms with E-state index in [1.54, 1.807) is 25.7 Å². The molecule has 25 heavy (non-hydrogen) atoms. The Balaban J connectivity index is 1.52. The number of aryl methyl sites for hydroxylation is 1. The number of anilines is 1. The summed E-state index contributed by atoms with van der Waals surface area (Å²) in [6.07, 6.45) is 7.14. The van der Waals surface area contributed by atoms with E-state index in [4.69, 9.17) is 4.74 Å². The molecule has 6 nitrogen and oxygen atoms in total. The third-order valence-corrected chi connectivity index (χ3v) is 4.50. The summed E-state index contributed by atoms with van der Waals surface area (Å²) < 4.78 is 5.21. The fraction of sp³-hybridized carbons (Fsp3) is 0.421. The van der Waals surface area contributed by atoms with Gasteiger partial charge in [0.2, 0.25) is 5.91 Å². The second kappa shape index (κ2) is 8.46. The first-order chi connectivity index (χ1) is 12.3. The van der Waals surface area contributed by atoms with Gasteiger partial charge in [-0.25, -0.2) is 0 Å². The van der Waals surface area contributed by atoms with E-state index in [1.165, 1.54) is 5.69 Å². The number of carbonyl (C=O) groups is 1. The molecule has 0 bridgehead atoms. The summed E-state index contributed by atoms with van der Waals surface area (Å²) in [5.41, 5.74) is 2.04. The van der Waals surface area contributed by atoms with Crippen molar-refractivity contribution in [3.05, 3.63) is 48.5 Å². The molecule has 0 atom stereocenters. The van der Waals surface area contributed by atoms with Crippen LogP contribution in [0.1, 0.15) is 18.5 Å². The number of carbonyl (C=O) groups excluding carboxylic acids is 1. The van der Waals surface area contributed by atoms with Crippen LogP contribution in [0, 0.1) is 0 Å². The van der Waals surface area contributed by atoms with E-state index in [-0.39, 0.29) is 5.91 Å². The van der Waals surface area contributed by atoms with Crippen molar-refractivity contribution in [2.45, 2.75) is 19.3 Å². The van der Waals surface area contributed by atoms with Gasteiger partial charge < -0.3 is 14.5 Å².